The van der Waals surface area contributed by atoms with Gasteiger partial charge in [-0.1, -0.05) is 36.4 Å². The van der Waals surface area contributed by atoms with E-state index in [9.17, 15) is 4.79 Å². The third-order valence-corrected chi connectivity index (χ3v) is 4.06. The molecule has 1 heterocycles. The smallest absolute Gasteiger partial charge is 0.251 e. The third kappa shape index (κ3) is 3.08. The molecule has 1 aliphatic heterocycles. The molecular formula is C18H15ClFNO2. The summed E-state index contributed by atoms with van der Waals surface area (Å²) >= 11 is 5.95. The van der Waals surface area contributed by atoms with Gasteiger partial charge in [0.2, 0.25) is 0 Å². The number of halogens is 2. The highest BCUT2D eigenvalue weighted by molar-refractivity contribution is 6.30. The third-order valence-electron chi connectivity index (χ3n) is 3.83. The van der Waals surface area contributed by atoms with Crippen LogP contribution in [0.2, 0.25) is 5.02 Å². The minimum atomic E-state index is -1.87. The van der Waals surface area contributed by atoms with E-state index in [2.05, 4.69) is 11.9 Å². The van der Waals surface area contributed by atoms with Crippen molar-refractivity contribution in [1.29, 1.82) is 0 Å². The van der Waals surface area contributed by atoms with Crippen LogP contribution in [0.4, 0.5) is 4.39 Å². The Kier molecular flexibility index (Phi) is 4.09. The van der Waals surface area contributed by atoms with Crippen LogP contribution < -0.4 is 10.1 Å². The molecule has 0 spiro atoms. The first-order valence-electron chi connectivity index (χ1n) is 7.14. The summed E-state index contributed by atoms with van der Waals surface area (Å²) in [4.78, 5) is 12.1. The van der Waals surface area contributed by atoms with Gasteiger partial charge in [-0.2, -0.15) is 0 Å². The van der Waals surface area contributed by atoms with Crippen LogP contribution in [-0.4, -0.2) is 24.7 Å². The van der Waals surface area contributed by atoms with Crippen molar-refractivity contribution in [3.05, 3.63) is 71.3 Å². The van der Waals surface area contributed by atoms with Crippen molar-refractivity contribution in [2.24, 2.45) is 0 Å². The molecule has 1 atom stereocenters. The first-order chi connectivity index (χ1) is 11.0. The zero-order valence-electron chi connectivity index (χ0n) is 12.3. The summed E-state index contributed by atoms with van der Waals surface area (Å²) in [5.74, 6) is 0.203. The van der Waals surface area contributed by atoms with Crippen molar-refractivity contribution < 1.29 is 13.9 Å². The Labute approximate surface area is 138 Å². The minimum Gasteiger partial charge on any atom is -0.489 e. The minimum absolute atomic E-state index is 0.199. The Morgan fingerprint density at radius 1 is 1.30 bits per heavy atom. The van der Waals surface area contributed by atoms with E-state index in [-0.39, 0.29) is 24.6 Å². The predicted molar refractivity (Wildman–Crippen MR) is 88.6 cm³/mol. The summed E-state index contributed by atoms with van der Waals surface area (Å²) in [7, 11) is 0. The SMILES string of the molecule is C=C1c2cc(Cl)ccc2OC[C@@]1(F)CNC(=O)c1ccccc1. The summed E-state index contributed by atoms with van der Waals surface area (Å²) in [6.45, 7) is 3.42. The van der Waals surface area contributed by atoms with Gasteiger partial charge in [-0.15, -0.1) is 0 Å². The molecule has 1 amide bonds. The van der Waals surface area contributed by atoms with E-state index in [0.717, 1.165) is 0 Å². The largest absolute Gasteiger partial charge is 0.489 e. The molecule has 0 saturated heterocycles. The van der Waals surface area contributed by atoms with Crippen molar-refractivity contribution in [3.63, 3.8) is 0 Å². The van der Waals surface area contributed by atoms with Gasteiger partial charge in [0.1, 0.15) is 12.4 Å². The molecule has 23 heavy (non-hydrogen) atoms. The van der Waals surface area contributed by atoms with Crippen LogP contribution in [-0.2, 0) is 0 Å². The summed E-state index contributed by atoms with van der Waals surface area (Å²) in [6.07, 6.45) is 0. The molecule has 0 aromatic heterocycles. The highest BCUT2D eigenvalue weighted by Gasteiger charge is 2.40. The highest BCUT2D eigenvalue weighted by atomic mass is 35.5. The van der Waals surface area contributed by atoms with Crippen molar-refractivity contribution in [2.75, 3.05) is 13.2 Å². The van der Waals surface area contributed by atoms with Crippen LogP contribution >= 0.6 is 11.6 Å². The summed E-state index contributed by atoms with van der Waals surface area (Å²) in [6, 6.07) is 13.6. The molecule has 5 heteroatoms. The van der Waals surface area contributed by atoms with Gasteiger partial charge in [0.05, 0.1) is 6.54 Å². The standard InChI is InChI=1S/C18H15ClFNO2/c1-12-15-9-14(19)7-8-16(15)23-11-18(12,20)10-21-17(22)13-5-3-2-4-6-13/h2-9H,1,10-11H2,(H,21,22)/t18-/m0/s1. The first kappa shape index (κ1) is 15.6. The number of rotatable bonds is 3. The first-order valence-corrected chi connectivity index (χ1v) is 7.52. The number of nitrogens with one attached hydrogen (secondary N) is 1. The molecule has 0 saturated carbocycles. The average Bonchev–Trinajstić information content (AvgIpc) is 2.58. The van der Waals surface area contributed by atoms with Gasteiger partial charge in [0.15, 0.2) is 5.67 Å². The van der Waals surface area contributed by atoms with Gasteiger partial charge in [0, 0.05) is 16.1 Å². The van der Waals surface area contributed by atoms with Gasteiger partial charge < -0.3 is 10.1 Å². The molecular weight excluding hydrogens is 317 g/mol. The molecule has 0 bridgehead atoms. The van der Waals surface area contributed by atoms with E-state index >= 15 is 4.39 Å². The second kappa shape index (κ2) is 6.05. The Morgan fingerprint density at radius 2 is 2.04 bits per heavy atom. The quantitative estimate of drug-likeness (QED) is 0.926. The molecule has 0 aliphatic carbocycles. The lowest BCUT2D eigenvalue weighted by atomic mass is 9.88. The fraction of sp³-hybridized carbons (Fsp3) is 0.167. The topological polar surface area (TPSA) is 38.3 Å². The normalized spacial score (nSPS) is 19.7. The van der Waals surface area contributed by atoms with Crippen LogP contribution in [0.25, 0.3) is 5.57 Å². The van der Waals surface area contributed by atoms with Crippen LogP contribution in [0.15, 0.2) is 55.1 Å². The molecule has 0 unspecified atom stereocenters. The van der Waals surface area contributed by atoms with Crippen molar-refractivity contribution in [3.8, 4) is 5.75 Å². The van der Waals surface area contributed by atoms with Gasteiger partial charge in [-0.3, -0.25) is 4.79 Å². The molecule has 2 aromatic rings. The maximum atomic E-state index is 15.2. The number of hydrogen-bond acceptors (Lipinski definition) is 2. The lowest BCUT2D eigenvalue weighted by Gasteiger charge is -2.33. The second-order valence-electron chi connectivity index (χ2n) is 5.42. The van der Waals surface area contributed by atoms with Crippen LogP contribution in [0.1, 0.15) is 15.9 Å². The van der Waals surface area contributed by atoms with Gasteiger partial charge in [-0.25, -0.2) is 4.39 Å². The Bertz CT molecular complexity index is 763. The second-order valence-corrected chi connectivity index (χ2v) is 5.86. The van der Waals surface area contributed by atoms with Crippen molar-refractivity contribution >= 4 is 23.1 Å². The number of amides is 1. The Morgan fingerprint density at radius 3 is 2.78 bits per heavy atom. The lowest BCUT2D eigenvalue weighted by Crippen LogP contribution is -2.46. The van der Waals surface area contributed by atoms with Crippen LogP contribution in [0.3, 0.4) is 0 Å². The fourth-order valence-electron chi connectivity index (χ4n) is 2.45. The van der Waals surface area contributed by atoms with E-state index in [0.29, 0.717) is 21.9 Å². The van der Waals surface area contributed by atoms with E-state index in [4.69, 9.17) is 16.3 Å². The summed E-state index contributed by atoms with van der Waals surface area (Å²) in [5, 5.41) is 3.08. The highest BCUT2D eigenvalue weighted by Crippen LogP contribution is 2.40. The van der Waals surface area contributed by atoms with E-state index in [1.165, 1.54) is 0 Å². The average molecular weight is 332 g/mol. The van der Waals surface area contributed by atoms with Crippen LogP contribution in [0.5, 0.6) is 5.75 Å². The predicted octanol–water partition coefficient (Wildman–Crippen LogP) is 3.88. The number of ether oxygens (including phenoxy) is 1. The number of carbonyl (C=O) groups is 1. The number of fused-ring (bicyclic) bond motifs is 1. The van der Waals surface area contributed by atoms with E-state index < -0.39 is 5.67 Å². The molecule has 0 fully saturated rings. The Hall–Kier alpha value is -2.33. The number of alkyl halides is 1. The van der Waals surface area contributed by atoms with Gasteiger partial charge >= 0.3 is 0 Å². The molecule has 1 N–H and O–H groups in total. The van der Waals surface area contributed by atoms with Crippen LogP contribution in [0, 0.1) is 0 Å². The maximum absolute atomic E-state index is 15.2. The monoisotopic (exact) mass is 331 g/mol. The fourth-order valence-corrected chi connectivity index (χ4v) is 2.63. The molecule has 2 aromatic carbocycles. The van der Waals surface area contributed by atoms with Crippen molar-refractivity contribution in [2.45, 2.75) is 5.67 Å². The Balaban J connectivity index is 1.75. The summed E-state index contributed by atoms with van der Waals surface area (Å²) in [5.41, 5.74) is -0.612. The molecule has 118 valence electrons. The summed E-state index contributed by atoms with van der Waals surface area (Å²) < 4.78 is 20.6. The molecule has 3 rings (SSSR count). The number of hydrogen-bond donors (Lipinski definition) is 1. The molecule has 1 aliphatic rings. The van der Waals surface area contributed by atoms with Crippen molar-refractivity contribution in [1.82, 2.24) is 5.32 Å². The van der Waals surface area contributed by atoms with Gasteiger partial charge in [-0.05, 0) is 35.9 Å². The zero-order chi connectivity index (χ0) is 16.4. The molecule has 3 nitrogen and oxygen atoms in total. The number of carbonyl (C=O) groups excluding carboxylic acids is 1. The van der Waals surface area contributed by atoms with E-state index in [1.54, 1.807) is 42.5 Å². The van der Waals surface area contributed by atoms with E-state index in [1.807, 2.05) is 6.07 Å². The van der Waals surface area contributed by atoms with Gasteiger partial charge in [0.25, 0.3) is 5.91 Å². The molecule has 0 radical (unpaired) electrons. The number of benzene rings is 2. The zero-order valence-corrected chi connectivity index (χ0v) is 13.1. The lowest BCUT2D eigenvalue weighted by molar-refractivity contribution is 0.0881. The maximum Gasteiger partial charge on any atom is 0.251 e.